The molecular weight excluding hydrogens is 1220 g/mol. The zero-order chi connectivity index (χ0) is 68.7. The molecule has 0 saturated carbocycles. The van der Waals surface area contributed by atoms with Gasteiger partial charge in [-0.25, -0.2) is 17.6 Å². The summed E-state index contributed by atoms with van der Waals surface area (Å²) in [6, 6.07) is 86.1. The zero-order valence-corrected chi connectivity index (χ0v) is 58.7. The molecule has 0 amide bonds. The number of rotatable bonds is 1. The van der Waals surface area contributed by atoms with E-state index in [1.165, 1.54) is 169 Å². The summed E-state index contributed by atoms with van der Waals surface area (Å²) in [7, 11) is 0. The fourth-order valence-electron chi connectivity index (χ4n) is 13.8. The van der Waals surface area contributed by atoms with Crippen molar-refractivity contribution in [2.45, 2.75) is 102 Å². The van der Waals surface area contributed by atoms with Gasteiger partial charge in [0.05, 0.1) is 11.0 Å². The van der Waals surface area contributed by atoms with Crippen LogP contribution < -0.4 is 0 Å². The molecule has 0 radical (unpaired) electrons. The first-order valence-corrected chi connectivity index (χ1v) is 34.0. The Balaban J connectivity index is 0.000000112. The molecule has 1 aliphatic carbocycles. The maximum atomic E-state index is 12.7. The van der Waals surface area contributed by atoms with Crippen molar-refractivity contribution in [2.75, 3.05) is 0 Å². The second kappa shape index (κ2) is 27.5. The zero-order valence-electron chi connectivity index (χ0n) is 57.9. The number of para-hydroxylation sites is 1. The van der Waals surface area contributed by atoms with Gasteiger partial charge in [-0.3, -0.25) is 0 Å². The van der Waals surface area contributed by atoms with Gasteiger partial charge in [0.15, 0.2) is 23.3 Å². The lowest BCUT2D eigenvalue weighted by molar-refractivity contribution is 0.436. The van der Waals surface area contributed by atoms with E-state index in [9.17, 15) is 17.6 Å². The maximum absolute atomic E-state index is 12.7. The normalized spacial score (nSPS) is 11.9. The minimum atomic E-state index is -1.33. The number of fused-ring (bicyclic) bond motifs is 14. The smallest absolute Gasteiger partial charge is 0.165 e. The van der Waals surface area contributed by atoms with E-state index in [-0.39, 0.29) is 5.41 Å². The van der Waals surface area contributed by atoms with Crippen LogP contribution in [0.3, 0.4) is 0 Å². The highest BCUT2D eigenvalue weighted by Gasteiger charge is 2.35. The number of benzene rings is 14. The molecule has 6 heteroatoms. The average Bonchev–Trinajstić information content (AvgIpc) is 1.62. The van der Waals surface area contributed by atoms with Gasteiger partial charge in [0.1, 0.15) is 0 Å². The van der Waals surface area contributed by atoms with Crippen LogP contribution in [0.15, 0.2) is 237 Å². The lowest BCUT2D eigenvalue weighted by Gasteiger charge is -2.22. The Hall–Kier alpha value is -10.1. The highest BCUT2D eigenvalue weighted by Crippen LogP contribution is 2.49. The van der Waals surface area contributed by atoms with E-state index in [4.69, 9.17) is 0 Å². The van der Waals surface area contributed by atoms with E-state index in [1.807, 2.05) is 11.3 Å². The molecule has 0 saturated heterocycles. The summed E-state index contributed by atoms with van der Waals surface area (Å²) in [4.78, 5) is 0. The molecule has 0 spiro atoms. The van der Waals surface area contributed by atoms with Crippen molar-refractivity contribution in [2.24, 2.45) is 0 Å². The number of aryl methyl sites for hydroxylation is 10. The molecule has 484 valence electrons. The highest BCUT2D eigenvalue weighted by atomic mass is 32.1. The van der Waals surface area contributed by atoms with Crippen LogP contribution in [0, 0.1) is 106 Å². The number of halogens is 4. The van der Waals surface area contributed by atoms with E-state index in [0.29, 0.717) is 0 Å². The van der Waals surface area contributed by atoms with Gasteiger partial charge in [-0.05, 0) is 219 Å². The van der Waals surface area contributed by atoms with Crippen LogP contribution in [-0.4, -0.2) is 4.57 Å². The molecule has 0 aliphatic heterocycles. The van der Waals surface area contributed by atoms with Crippen LogP contribution in [0.2, 0.25) is 0 Å². The van der Waals surface area contributed by atoms with Gasteiger partial charge in [0.2, 0.25) is 0 Å². The first-order valence-electron chi connectivity index (χ1n) is 33.2. The van der Waals surface area contributed by atoms with Crippen LogP contribution in [0.25, 0.3) is 102 Å². The van der Waals surface area contributed by atoms with Gasteiger partial charge in [0.25, 0.3) is 0 Å². The molecule has 1 aliphatic rings. The Kier molecular flexibility index (Phi) is 19.0. The number of thiophene rings is 1. The van der Waals surface area contributed by atoms with Crippen LogP contribution in [0.5, 0.6) is 0 Å². The Labute approximate surface area is 572 Å². The van der Waals surface area contributed by atoms with Gasteiger partial charge in [-0.1, -0.05) is 235 Å². The molecule has 0 fully saturated rings. The lowest BCUT2D eigenvalue weighted by atomic mass is 9.81. The molecule has 97 heavy (non-hydrogen) atoms. The van der Waals surface area contributed by atoms with Crippen molar-refractivity contribution in [3.63, 3.8) is 0 Å². The number of hydrogen-bond donors (Lipinski definition) is 0. The van der Waals surface area contributed by atoms with Crippen molar-refractivity contribution < 1.29 is 17.6 Å². The lowest BCUT2D eigenvalue weighted by Crippen LogP contribution is -2.15. The fourth-order valence-corrected chi connectivity index (χ4v) is 15.1. The molecule has 0 unspecified atom stereocenters. The van der Waals surface area contributed by atoms with Crippen LogP contribution in [0.4, 0.5) is 17.6 Å². The van der Waals surface area contributed by atoms with Crippen LogP contribution >= 0.6 is 11.3 Å². The molecule has 0 bridgehead atoms. The number of nitrogens with zero attached hydrogens (tertiary/aromatic N) is 1. The molecule has 0 atom stereocenters. The van der Waals surface area contributed by atoms with Crippen LogP contribution in [0.1, 0.15) is 91.7 Å². The van der Waals surface area contributed by atoms with Gasteiger partial charge in [-0.2, -0.15) is 0 Å². The monoisotopic (exact) mass is 1300 g/mol. The summed E-state index contributed by atoms with van der Waals surface area (Å²) >= 11 is 1.89. The maximum Gasteiger partial charge on any atom is 0.165 e. The Morgan fingerprint density at radius 3 is 0.959 bits per heavy atom. The van der Waals surface area contributed by atoms with Crippen molar-refractivity contribution in [1.82, 2.24) is 4.57 Å². The second-order valence-corrected chi connectivity index (χ2v) is 28.0. The Morgan fingerprint density at radius 2 is 0.577 bits per heavy atom. The number of aromatic nitrogens is 1. The molecule has 2 heterocycles. The predicted octanol–water partition coefficient (Wildman–Crippen LogP) is 26.8. The molecule has 14 aromatic carbocycles. The first-order chi connectivity index (χ1) is 46.5. The summed E-state index contributed by atoms with van der Waals surface area (Å²) < 4.78 is 55.8. The van der Waals surface area contributed by atoms with Crippen molar-refractivity contribution in [3.05, 3.63) is 338 Å². The second-order valence-electron chi connectivity index (χ2n) is 26.9. The molecule has 16 aromatic rings. The first kappa shape index (κ1) is 66.9. The largest absolute Gasteiger partial charge is 0.309 e. The molecule has 0 N–H and O–H groups in total. The summed E-state index contributed by atoms with van der Waals surface area (Å²) in [6.45, 7) is 28.3. The van der Waals surface area contributed by atoms with E-state index in [1.54, 1.807) is 0 Å². The third-order valence-electron chi connectivity index (χ3n) is 19.2. The summed E-state index contributed by atoms with van der Waals surface area (Å²) in [5, 5.41) is 16.3. The molecular formula is C91H81F4NS. The van der Waals surface area contributed by atoms with Gasteiger partial charge in [-0.15, -0.1) is 11.3 Å². The summed E-state index contributed by atoms with van der Waals surface area (Å²) in [5.74, 6) is -5.31. The van der Waals surface area contributed by atoms with Crippen molar-refractivity contribution in [3.8, 4) is 16.8 Å². The molecule has 2 aromatic heterocycles. The van der Waals surface area contributed by atoms with Crippen molar-refractivity contribution in [1.29, 1.82) is 0 Å². The Morgan fingerprint density at radius 1 is 0.268 bits per heavy atom. The van der Waals surface area contributed by atoms with Crippen molar-refractivity contribution >= 4 is 96.4 Å². The van der Waals surface area contributed by atoms with Gasteiger partial charge < -0.3 is 4.57 Å². The van der Waals surface area contributed by atoms with Crippen LogP contribution in [-0.2, 0) is 5.41 Å². The van der Waals surface area contributed by atoms with E-state index >= 15 is 0 Å². The minimum absolute atomic E-state index is 0.142. The standard InChI is InChI=1S/C20H17N.C17H18.2C16H14.C14H12S.C8H6F4/c1-14-8-10-19-17(12-14)18-13-15(2)9-11-20(18)21(19)16-6-4-3-5-7-16;1-11-5-7-13-14-8-6-12(2)10-16(14)17(3,4)15(13)9-11;1-11-3-7-15-13(9-11)5-6-14-10-12(2)4-8-16(14)15;1-11-13-7-3-5-9-15(13)12(2)16-10-6-4-8-14(11)16;1-9-3-5-11-12-6-4-10(2)8-14(12)15-13(11)7-9;1-3-5(9)7(11)4(2)8(12)6(3)10/h3-13H,1-2H3;5-10H,1-4H3;2*3-10H,1-2H3;3-8H,1-2H3;1-2H3. The molecule has 17 rings (SSSR count). The predicted molar refractivity (Wildman–Crippen MR) is 410 cm³/mol. The SMILES string of the molecule is Cc1c(F)c(F)c(C)c(F)c1F.Cc1c2ccccc2c(C)c2ccccc12.Cc1ccc2c(c1)C(C)(C)c1cc(C)ccc1-2.Cc1ccc2c(c1)c1cc(C)ccc1n2-c1ccccc1.Cc1ccc2c(c1)sc1cc(C)ccc12.Cc1ccc2c(ccc3cc(C)ccc32)c1. The average molecular weight is 1300 g/mol. The van der Waals surface area contributed by atoms with E-state index in [2.05, 4.69) is 324 Å². The topological polar surface area (TPSA) is 4.93 Å². The number of hydrogen-bond acceptors (Lipinski definition) is 1. The van der Waals surface area contributed by atoms with Gasteiger partial charge >= 0.3 is 0 Å². The highest BCUT2D eigenvalue weighted by molar-refractivity contribution is 7.25. The van der Waals surface area contributed by atoms with E-state index in [0.717, 1.165) is 13.8 Å². The third-order valence-corrected chi connectivity index (χ3v) is 20.3. The summed E-state index contributed by atoms with van der Waals surface area (Å²) in [6.07, 6.45) is 0. The van der Waals surface area contributed by atoms with Gasteiger partial charge in [0, 0.05) is 53.2 Å². The summed E-state index contributed by atoms with van der Waals surface area (Å²) in [5.41, 5.74) is 21.8. The third kappa shape index (κ3) is 13.3. The quantitative estimate of drug-likeness (QED) is 0.0668. The fraction of sp³-hybridized carbons (Fsp3) is 0.165. The minimum Gasteiger partial charge on any atom is -0.309 e. The van der Waals surface area contributed by atoms with E-state index < -0.39 is 34.4 Å². The Bertz CT molecular complexity index is 5240. The molecule has 1 nitrogen and oxygen atoms in total.